The zero-order chi connectivity index (χ0) is 17.4. The summed E-state index contributed by atoms with van der Waals surface area (Å²) in [6.07, 6.45) is 0.668. The van der Waals surface area contributed by atoms with E-state index in [-0.39, 0.29) is 18.4 Å². The van der Waals surface area contributed by atoms with Crippen molar-refractivity contribution in [1.82, 2.24) is 10.1 Å². The monoisotopic (exact) mass is 351 g/mol. The van der Waals surface area contributed by atoms with Crippen LogP contribution in [0.1, 0.15) is 28.8 Å². The lowest BCUT2D eigenvalue weighted by Crippen LogP contribution is -2.38. The summed E-state index contributed by atoms with van der Waals surface area (Å²) >= 11 is 1.36. The summed E-state index contributed by atoms with van der Waals surface area (Å²) in [5.41, 5.74) is 0. The molecule has 1 N–H and O–H groups in total. The molecule has 0 spiro atoms. The van der Waals surface area contributed by atoms with E-state index in [0.29, 0.717) is 42.6 Å². The van der Waals surface area contributed by atoms with Crippen molar-refractivity contribution in [2.45, 2.75) is 20.3 Å². The summed E-state index contributed by atoms with van der Waals surface area (Å²) in [6, 6.07) is 5.19. The van der Waals surface area contributed by atoms with Gasteiger partial charge in [-0.2, -0.15) is 0 Å². The first kappa shape index (κ1) is 18.2. The minimum Gasteiger partial charge on any atom is -0.382 e. The molecule has 0 aliphatic rings. The van der Waals surface area contributed by atoms with E-state index in [1.807, 2.05) is 18.4 Å². The number of nitrogens with one attached hydrogen (secondary N) is 1. The van der Waals surface area contributed by atoms with Crippen molar-refractivity contribution in [3.63, 3.8) is 0 Å². The van der Waals surface area contributed by atoms with Crippen LogP contribution in [0.25, 0.3) is 0 Å². The number of rotatable bonds is 9. The maximum absolute atomic E-state index is 12.5. The van der Waals surface area contributed by atoms with Gasteiger partial charge in [-0.25, -0.2) is 0 Å². The molecule has 0 saturated carbocycles. The zero-order valence-electron chi connectivity index (χ0n) is 13.8. The second kappa shape index (κ2) is 9.19. The molecule has 130 valence electrons. The van der Waals surface area contributed by atoms with Gasteiger partial charge < -0.3 is 19.5 Å². The van der Waals surface area contributed by atoms with Gasteiger partial charge in [-0.05, 0) is 31.7 Å². The SMILES string of the molecule is CCOCCCN(CC(=O)Nc1cc(C)on1)C(=O)c1cccs1. The van der Waals surface area contributed by atoms with Gasteiger partial charge in [0.2, 0.25) is 5.91 Å². The highest BCUT2D eigenvalue weighted by atomic mass is 32.1. The number of nitrogens with zero attached hydrogens (tertiary/aromatic N) is 2. The molecule has 0 aromatic carbocycles. The summed E-state index contributed by atoms with van der Waals surface area (Å²) < 4.78 is 10.2. The number of aromatic nitrogens is 1. The number of ether oxygens (including phenoxy) is 1. The van der Waals surface area contributed by atoms with E-state index < -0.39 is 0 Å². The van der Waals surface area contributed by atoms with Crippen LogP contribution in [0.4, 0.5) is 5.82 Å². The van der Waals surface area contributed by atoms with Crippen LogP contribution in [0.2, 0.25) is 0 Å². The van der Waals surface area contributed by atoms with E-state index in [2.05, 4.69) is 10.5 Å². The molecule has 0 aliphatic heterocycles. The smallest absolute Gasteiger partial charge is 0.264 e. The van der Waals surface area contributed by atoms with Gasteiger partial charge in [0.25, 0.3) is 5.91 Å². The molecular weight excluding hydrogens is 330 g/mol. The Kier molecular flexibility index (Phi) is 6.95. The Labute approximate surface area is 144 Å². The minimum atomic E-state index is -0.315. The lowest BCUT2D eigenvalue weighted by molar-refractivity contribution is -0.117. The maximum Gasteiger partial charge on any atom is 0.264 e. The van der Waals surface area contributed by atoms with E-state index in [1.54, 1.807) is 19.1 Å². The van der Waals surface area contributed by atoms with Crippen LogP contribution >= 0.6 is 11.3 Å². The quantitative estimate of drug-likeness (QED) is 0.702. The molecule has 2 aromatic heterocycles. The van der Waals surface area contributed by atoms with Crippen molar-refractivity contribution in [2.24, 2.45) is 0 Å². The number of thiophene rings is 1. The van der Waals surface area contributed by atoms with Gasteiger partial charge in [0.15, 0.2) is 5.82 Å². The lowest BCUT2D eigenvalue weighted by Gasteiger charge is -2.21. The number of anilines is 1. The van der Waals surface area contributed by atoms with Crippen molar-refractivity contribution < 1.29 is 18.8 Å². The molecule has 2 aromatic rings. The first-order valence-corrected chi connectivity index (χ1v) is 8.61. The van der Waals surface area contributed by atoms with Crippen LogP contribution in [0, 0.1) is 6.92 Å². The predicted molar refractivity (Wildman–Crippen MR) is 91.2 cm³/mol. The third-order valence-corrected chi connectivity index (χ3v) is 4.03. The molecule has 0 radical (unpaired) electrons. The molecule has 0 aliphatic carbocycles. The second-order valence-corrected chi connectivity index (χ2v) is 6.07. The highest BCUT2D eigenvalue weighted by Gasteiger charge is 2.20. The van der Waals surface area contributed by atoms with Crippen LogP contribution in [-0.2, 0) is 9.53 Å². The number of amides is 2. The van der Waals surface area contributed by atoms with Crippen molar-refractivity contribution in [1.29, 1.82) is 0 Å². The van der Waals surface area contributed by atoms with Crippen LogP contribution in [0.5, 0.6) is 0 Å². The van der Waals surface area contributed by atoms with Crippen molar-refractivity contribution >= 4 is 29.0 Å². The third kappa shape index (κ3) is 5.47. The molecule has 0 bridgehead atoms. The number of hydrogen-bond donors (Lipinski definition) is 1. The normalized spacial score (nSPS) is 10.6. The molecule has 0 saturated heterocycles. The van der Waals surface area contributed by atoms with E-state index >= 15 is 0 Å². The Morgan fingerprint density at radius 1 is 1.46 bits per heavy atom. The fourth-order valence-electron chi connectivity index (χ4n) is 2.09. The fourth-order valence-corrected chi connectivity index (χ4v) is 2.78. The maximum atomic E-state index is 12.5. The van der Waals surface area contributed by atoms with Gasteiger partial charge in [-0.15, -0.1) is 11.3 Å². The Morgan fingerprint density at radius 2 is 2.29 bits per heavy atom. The van der Waals surface area contributed by atoms with E-state index in [0.717, 1.165) is 0 Å². The summed E-state index contributed by atoms with van der Waals surface area (Å²) in [7, 11) is 0. The Balaban J connectivity index is 1.95. The molecule has 0 unspecified atom stereocenters. The van der Waals surface area contributed by atoms with Crippen molar-refractivity contribution in [2.75, 3.05) is 31.6 Å². The predicted octanol–water partition coefficient (Wildman–Crippen LogP) is 2.55. The number of carbonyl (C=O) groups excluding carboxylic acids is 2. The van der Waals surface area contributed by atoms with Gasteiger partial charge in [-0.3, -0.25) is 9.59 Å². The summed E-state index contributed by atoms with van der Waals surface area (Å²) in [4.78, 5) is 26.9. The number of hydrogen-bond acceptors (Lipinski definition) is 6. The first-order valence-electron chi connectivity index (χ1n) is 7.74. The Hall–Kier alpha value is -2.19. The average Bonchev–Trinajstić information content (AvgIpc) is 3.21. The fraction of sp³-hybridized carbons (Fsp3) is 0.438. The molecule has 24 heavy (non-hydrogen) atoms. The molecule has 8 heteroatoms. The molecule has 7 nitrogen and oxygen atoms in total. The minimum absolute atomic E-state index is 0.0469. The highest BCUT2D eigenvalue weighted by Crippen LogP contribution is 2.13. The molecule has 0 fully saturated rings. The van der Waals surface area contributed by atoms with Gasteiger partial charge in [0.05, 0.1) is 4.88 Å². The van der Waals surface area contributed by atoms with Gasteiger partial charge >= 0.3 is 0 Å². The van der Waals surface area contributed by atoms with Crippen LogP contribution in [0.3, 0.4) is 0 Å². The molecular formula is C16H21N3O4S. The van der Waals surface area contributed by atoms with Crippen molar-refractivity contribution in [3.05, 3.63) is 34.2 Å². The topological polar surface area (TPSA) is 84.7 Å². The van der Waals surface area contributed by atoms with E-state index in [4.69, 9.17) is 9.26 Å². The van der Waals surface area contributed by atoms with Gasteiger partial charge in [0, 0.05) is 25.8 Å². The average molecular weight is 351 g/mol. The van der Waals surface area contributed by atoms with Crippen LogP contribution in [0.15, 0.2) is 28.1 Å². The Morgan fingerprint density at radius 3 is 2.92 bits per heavy atom. The largest absolute Gasteiger partial charge is 0.382 e. The van der Waals surface area contributed by atoms with Crippen LogP contribution < -0.4 is 5.32 Å². The summed E-state index contributed by atoms with van der Waals surface area (Å²) in [5.74, 6) is 0.474. The molecule has 2 rings (SSSR count). The zero-order valence-corrected chi connectivity index (χ0v) is 14.6. The highest BCUT2D eigenvalue weighted by molar-refractivity contribution is 7.12. The first-order chi connectivity index (χ1) is 11.6. The second-order valence-electron chi connectivity index (χ2n) is 5.13. The third-order valence-electron chi connectivity index (χ3n) is 3.17. The molecule has 2 heterocycles. The summed E-state index contributed by atoms with van der Waals surface area (Å²) in [6.45, 7) is 5.24. The van der Waals surface area contributed by atoms with E-state index in [1.165, 1.54) is 16.2 Å². The molecule has 0 atom stereocenters. The Bertz CT molecular complexity index is 654. The summed E-state index contributed by atoms with van der Waals surface area (Å²) in [5, 5.41) is 8.18. The van der Waals surface area contributed by atoms with Gasteiger partial charge in [-0.1, -0.05) is 11.2 Å². The lowest BCUT2D eigenvalue weighted by atomic mass is 10.3. The number of carbonyl (C=O) groups is 2. The standard InChI is InChI=1S/C16H21N3O4S/c1-3-22-8-5-7-19(16(21)13-6-4-9-24-13)11-15(20)17-14-10-12(2)23-18-14/h4,6,9-10H,3,5,7-8,11H2,1-2H3,(H,17,18,20). The molecule has 2 amide bonds. The van der Waals surface area contributed by atoms with E-state index in [9.17, 15) is 9.59 Å². The van der Waals surface area contributed by atoms with Crippen LogP contribution in [-0.4, -0.2) is 48.2 Å². The van der Waals surface area contributed by atoms with Crippen molar-refractivity contribution in [3.8, 4) is 0 Å². The van der Waals surface area contributed by atoms with Gasteiger partial charge in [0.1, 0.15) is 12.3 Å². The number of aryl methyl sites for hydroxylation is 1.